The second kappa shape index (κ2) is 4.62. The highest BCUT2D eigenvalue weighted by Gasteiger charge is 2.51. The predicted octanol–water partition coefficient (Wildman–Crippen LogP) is -3.41. The summed E-state index contributed by atoms with van der Waals surface area (Å²) in [6.07, 6.45) is -6.53. The lowest BCUT2D eigenvalue weighted by Crippen LogP contribution is -2.62. The number of carbonyl (C=O) groups is 1. The van der Waals surface area contributed by atoms with Crippen molar-refractivity contribution in [2.75, 3.05) is 6.54 Å². The Bertz CT molecular complexity index is 273. The normalized spacial score (nSPS) is 41.7. The van der Waals surface area contributed by atoms with Gasteiger partial charge in [-0.25, -0.2) is 4.79 Å². The summed E-state index contributed by atoms with van der Waals surface area (Å²) in [5.74, 6) is -4.33. The van der Waals surface area contributed by atoms with Crippen LogP contribution in [0.1, 0.15) is 6.42 Å². The molecule has 0 aromatic carbocycles. The molecule has 0 aromatic heterocycles. The Labute approximate surface area is 90.9 Å². The van der Waals surface area contributed by atoms with Crippen molar-refractivity contribution in [3.8, 4) is 0 Å². The van der Waals surface area contributed by atoms with Crippen molar-refractivity contribution < 1.29 is 35.1 Å². The molecule has 2 unspecified atom stereocenters. The van der Waals surface area contributed by atoms with Crippen molar-refractivity contribution in [1.82, 2.24) is 0 Å². The first kappa shape index (κ1) is 13.3. The van der Waals surface area contributed by atoms with E-state index in [-0.39, 0.29) is 6.54 Å². The molecule has 8 nitrogen and oxygen atoms in total. The SMILES string of the molecule is NC[C@@H](O)C1O[C@@](O)(C(=O)O)CC(O)[C@H]1O. The van der Waals surface area contributed by atoms with Crippen LogP contribution in [0.5, 0.6) is 0 Å². The molecule has 1 saturated heterocycles. The largest absolute Gasteiger partial charge is 0.477 e. The van der Waals surface area contributed by atoms with Crippen molar-refractivity contribution in [3.05, 3.63) is 0 Å². The van der Waals surface area contributed by atoms with E-state index in [0.717, 1.165) is 0 Å². The molecule has 1 rings (SSSR count). The molecule has 0 radical (unpaired) electrons. The fourth-order valence-corrected chi connectivity index (χ4v) is 1.54. The highest BCUT2D eigenvalue weighted by Crippen LogP contribution is 2.29. The molecule has 1 fully saturated rings. The summed E-state index contributed by atoms with van der Waals surface area (Å²) in [5.41, 5.74) is 5.12. The maximum absolute atomic E-state index is 10.7. The molecule has 0 amide bonds. The van der Waals surface area contributed by atoms with Crippen LogP contribution in [0.2, 0.25) is 0 Å². The highest BCUT2D eigenvalue weighted by atomic mass is 16.7. The van der Waals surface area contributed by atoms with Gasteiger partial charge in [-0.15, -0.1) is 0 Å². The zero-order valence-corrected chi connectivity index (χ0v) is 8.35. The van der Waals surface area contributed by atoms with Gasteiger partial charge in [0.25, 0.3) is 5.79 Å². The zero-order chi connectivity index (χ0) is 12.5. The van der Waals surface area contributed by atoms with E-state index >= 15 is 0 Å². The summed E-state index contributed by atoms with van der Waals surface area (Å²) in [6, 6.07) is 0. The number of nitrogens with two attached hydrogens (primary N) is 1. The third kappa shape index (κ3) is 2.32. The molecular formula is C8H15NO7. The lowest BCUT2D eigenvalue weighted by Gasteiger charge is -2.41. The Morgan fingerprint density at radius 2 is 2.12 bits per heavy atom. The number of rotatable bonds is 3. The molecule has 8 heteroatoms. The smallest absolute Gasteiger partial charge is 0.364 e. The summed E-state index contributed by atoms with van der Waals surface area (Å²) >= 11 is 0. The molecule has 0 spiro atoms. The van der Waals surface area contributed by atoms with Gasteiger partial charge in [0, 0.05) is 13.0 Å². The number of hydrogen-bond acceptors (Lipinski definition) is 7. The van der Waals surface area contributed by atoms with Crippen molar-refractivity contribution in [3.63, 3.8) is 0 Å². The Morgan fingerprint density at radius 1 is 1.56 bits per heavy atom. The van der Waals surface area contributed by atoms with Gasteiger partial charge >= 0.3 is 5.97 Å². The molecule has 7 N–H and O–H groups in total. The van der Waals surface area contributed by atoms with Crippen molar-refractivity contribution in [1.29, 1.82) is 0 Å². The third-order valence-corrected chi connectivity index (χ3v) is 2.50. The molecule has 16 heavy (non-hydrogen) atoms. The second-order valence-electron chi connectivity index (χ2n) is 3.74. The molecule has 5 atom stereocenters. The van der Waals surface area contributed by atoms with Crippen LogP contribution in [-0.4, -0.2) is 68.2 Å². The minimum atomic E-state index is -2.63. The van der Waals surface area contributed by atoms with Gasteiger partial charge < -0.3 is 36.0 Å². The van der Waals surface area contributed by atoms with Crippen LogP contribution in [0.4, 0.5) is 0 Å². The van der Waals surface area contributed by atoms with E-state index in [1.807, 2.05) is 0 Å². The first-order valence-corrected chi connectivity index (χ1v) is 4.69. The average Bonchev–Trinajstić information content (AvgIpc) is 2.22. The highest BCUT2D eigenvalue weighted by molar-refractivity contribution is 5.75. The fraction of sp³-hybridized carbons (Fsp3) is 0.875. The van der Waals surface area contributed by atoms with Crippen LogP contribution in [-0.2, 0) is 9.53 Å². The summed E-state index contributed by atoms with van der Waals surface area (Å²) in [4.78, 5) is 10.7. The maximum Gasteiger partial charge on any atom is 0.364 e. The summed E-state index contributed by atoms with van der Waals surface area (Å²) in [6.45, 7) is -0.301. The fourth-order valence-electron chi connectivity index (χ4n) is 1.54. The Hall–Kier alpha value is -0.770. The number of ether oxygens (including phenoxy) is 1. The van der Waals surface area contributed by atoms with Gasteiger partial charge in [0.1, 0.15) is 12.2 Å². The third-order valence-electron chi connectivity index (χ3n) is 2.50. The van der Waals surface area contributed by atoms with Crippen LogP contribution in [0.15, 0.2) is 0 Å². The molecule has 0 aliphatic carbocycles. The van der Waals surface area contributed by atoms with Crippen molar-refractivity contribution >= 4 is 5.97 Å². The van der Waals surface area contributed by atoms with E-state index in [4.69, 9.17) is 10.8 Å². The van der Waals surface area contributed by atoms with Crippen LogP contribution in [0.25, 0.3) is 0 Å². The topological polar surface area (TPSA) is 153 Å². The van der Waals surface area contributed by atoms with Crippen LogP contribution in [0.3, 0.4) is 0 Å². The molecule has 1 aliphatic rings. The average molecular weight is 237 g/mol. The van der Waals surface area contributed by atoms with E-state index < -0.39 is 42.6 Å². The Morgan fingerprint density at radius 3 is 2.56 bits per heavy atom. The monoisotopic (exact) mass is 237 g/mol. The van der Waals surface area contributed by atoms with Crippen LogP contribution < -0.4 is 5.73 Å². The van der Waals surface area contributed by atoms with Gasteiger partial charge in [-0.2, -0.15) is 0 Å². The van der Waals surface area contributed by atoms with E-state index in [9.17, 15) is 25.2 Å². The summed E-state index contributed by atoms with van der Waals surface area (Å²) in [7, 11) is 0. The number of aliphatic carboxylic acids is 1. The number of aliphatic hydroxyl groups is 4. The summed E-state index contributed by atoms with van der Waals surface area (Å²) < 4.78 is 4.69. The van der Waals surface area contributed by atoms with Crippen molar-refractivity contribution in [2.24, 2.45) is 5.73 Å². The zero-order valence-electron chi connectivity index (χ0n) is 8.35. The molecule has 1 aliphatic heterocycles. The first-order valence-electron chi connectivity index (χ1n) is 4.69. The summed E-state index contributed by atoms with van der Waals surface area (Å²) in [5, 5.41) is 46.4. The lowest BCUT2D eigenvalue weighted by atomic mass is 9.92. The predicted molar refractivity (Wildman–Crippen MR) is 49.2 cm³/mol. The Balaban J connectivity index is 2.89. The minimum absolute atomic E-state index is 0.301. The van der Waals surface area contributed by atoms with Gasteiger partial charge in [0.2, 0.25) is 0 Å². The second-order valence-corrected chi connectivity index (χ2v) is 3.74. The number of hydrogen-bond donors (Lipinski definition) is 6. The number of carboxylic acid groups (broad SMARTS) is 1. The molecule has 0 saturated carbocycles. The van der Waals surface area contributed by atoms with Crippen molar-refractivity contribution in [2.45, 2.75) is 36.6 Å². The van der Waals surface area contributed by atoms with Gasteiger partial charge in [-0.3, -0.25) is 0 Å². The first-order chi connectivity index (χ1) is 7.31. The van der Waals surface area contributed by atoms with E-state index in [0.29, 0.717) is 0 Å². The molecule has 0 aromatic rings. The van der Waals surface area contributed by atoms with E-state index in [2.05, 4.69) is 4.74 Å². The Kier molecular flexibility index (Phi) is 3.84. The van der Waals surface area contributed by atoms with E-state index in [1.54, 1.807) is 0 Å². The van der Waals surface area contributed by atoms with Gasteiger partial charge in [-0.1, -0.05) is 0 Å². The van der Waals surface area contributed by atoms with Crippen LogP contribution in [0, 0.1) is 0 Å². The molecule has 0 bridgehead atoms. The van der Waals surface area contributed by atoms with Gasteiger partial charge in [0.15, 0.2) is 0 Å². The molecule has 1 heterocycles. The quantitative estimate of drug-likeness (QED) is 0.297. The van der Waals surface area contributed by atoms with E-state index in [1.165, 1.54) is 0 Å². The van der Waals surface area contributed by atoms with Gasteiger partial charge in [0.05, 0.1) is 12.2 Å². The van der Waals surface area contributed by atoms with Gasteiger partial charge in [-0.05, 0) is 0 Å². The number of carboxylic acids is 1. The number of aliphatic hydroxyl groups excluding tert-OH is 3. The molecular weight excluding hydrogens is 222 g/mol. The molecule has 94 valence electrons. The standard InChI is InChI=1S/C8H15NO7/c9-2-4(11)6-5(12)3(10)1-8(15,16-6)7(13)14/h3-6,10-12,15H,1-2,9H2,(H,13,14)/t3?,4-,5-,6?,8-/m1/s1. The van der Waals surface area contributed by atoms with Crippen LogP contribution >= 0.6 is 0 Å². The lowest BCUT2D eigenvalue weighted by molar-refractivity contribution is -0.306. The minimum Gasteiger partial charge on any atom is -0.477 e. The maximum atomic E-state index is 10.7.